The molecule has 164 valence electrons. The summed E-state index contributed by atoms with van der Waals surface area (Å²) in [7, 11) is 0. The van der Waals surface area contributed by atoms with Gasteiger partial charge in [-0.25, -0.2) is 9.97 Å². The molecule has 3 aromatic rings. The largest absolute Gasteiger partial charge is 0.459 e. The molecular weight excluding hydrogens is 408 g/mol. The maximum absolute atomic E-state index is 13.4. The summed E-state index contributed by atoms with van der Waals surface area (Å²) in [6.07, 6.45) is 7.03. The van der Waals surface area contributed by atoms with E-state index in [0.29, 0.717) is 54.8 Å². The highest BCUT2D eigenvalue weighted by atomic mass is 16.3. The number of carbonyl (C=O) groups excluding carboxylic acids is 2. The number of nitrogens with zero attached hydrogens (tertiary/aromatic N) is 6. The van der Waals surface area contributed by atoms with Gasteiger partial charge in [0.1, 0.15) is 5.69 Å². The van der Waals surface area contributed by atoms with E-state index in [1.54, 1.807) is 34.3 Å². The van der Waals surface area contributed by atoms with Gasteiger partial charge in [-0.15, -0.1) is 0 Å². The summed E-state index contributed by atoms with van der Waals surface area (Å²) in [5.41, 5.74) is 1.62. The number of piperazine rings is 1. The fourth-order valence-corrected chi connectivity index (χ4v) is 4.14. The molecule has 0 bridgehead atoms. The first-order chi connectivity index (χ1) is 15.7. The van der Waals surface area contributed by atoms with Crippen LogP contribution in [0.4, 0.5) is 5.95 Å². The summed E-state index contributed by atoms with van der Waals surface area (Å²) in [5, 5.41) is 0. The van der Waals surface area contributed by atoms with Gasteiger partial charge in [-0.3, -0.25) is 14.6 Å². The maximum atomic E-state index is 13.4. The van der Waals surface area contributed by atoms with Crippen LogP contribution in [0.2, 0.25) is 0 Å². The number of pyridine rings is 1. The second-order valence-corrected chi connectivity index (χ2v) is 7.90. The first-order valence-corrected chi connectivity index (χ1v) is 10.9. The Labute approximate surface area is 185 Å². The Balaban J connectivity index is 1.37. The van der Waals surface area contributed by atoms with Crippen molar-refractivity contribution in [1.82, 2.24) is 24.8 Å². The molecule has 0 radical (unpaired) electrons. The van der Waals surface area contributed by atoms with Crippen LogP contribution in [-0.4, -0.2) is 75.8 Å². The van der Waals surface area contributed by atoms with Crippen molar-refractivity contribution in [3.63, 3.8) is 0 Å². The molecule has 5 heterocycles. The van der Waals surface area contributed by atoms with E-state index in [-0.39, 0.29) is 11.8 Å². The highest BCUT2D eigenvalue weighted by Gasteiger charge is 2.29. The molecule has 2 saturated heterocycles. The number of hydrogen-bond donors (Lipinski definition) is 0. The van der Waals surface area contributed by atoms with Crippen LogP contribution in [0.15, 0.2) is 53.4 Å². The van der Waals surface area contributed by atoms with Crippen LogP contribution in [0.25, 0.3) is 11.4 Å². The molecule has 0 spiro atoms. The molecule has 0 aromatic carbocycles. The minimum Gasteiger partial charge on any atom is -0.459 e. The van der Waals surface area contributed by atoms with Crippen molar-refractivity contribution < 1.29 is 14.0 Å². The monoisotopic (exact) mass is 432 g/mol. The zero-order chi connectivity index (χ0) is 21.9. The quantitative estimate of drug-likeness (QED) is 0.624. The van der Waals surface area contributed by atoms with E-state index in [0.717, 1.165) is 25.9 Å². The fourth-order valence-electron chi connectivity index (χ4n) is 4.14. The average molecular weight is 432 g/mol. The summed E-state index contributed by atoms with van der Waals surface area (Å²) < 4.78 is 5.21. The van der Waals surface area contributed by atoms with Crippen LogP contribution in [0, 0.1) is 0 Å². The number of aromatic nitrogens is 3. The van der Waals surface area contributed by atoms with Crippen LogP contribution in [0.3, 0.4) is 0 Å². The molecule has 32 heavy (non-hydrogen) atoms. The third kappa shape index (κ3) is 3.93. The van der Waals surface area contributed by atoms with Crippen molar-refractivity contribution in [2.45, 2.75) is 12.8 Å². The molecule has 9 heteroatoms. The first-order valence-electron chi connectivity index (χ1n) is 10.9. The third-order valence-corrected chi connectivity index (χ3v) is 5.89. The molecule has 2 amide bonds. The smallest absolute Gasteiger partial charge is 0.289 e. The number of carbonyl (C=O) groups is 2. The van der Waals surface area contributed by atoms with E-state index in [1.165, 1.54) is 6.26 Å². The Morgan fingerprint density at radius 2 is 1.59 bits per heavy atom. The summed E-state index contributed by atoms with van der Waals surface area (Å²) in [5.74, 6) is 0.639. The number of hydrogen-bond acceptors (Lipinski definition) is 7. The molecule has 0 unspecified atom stereocenters. The fraction of sp³-hybridized carbons (Fsp3) is 0.348. The van der Waals surface area contributed by atoms with Gasteiger partial charge in [0.2, 0.25) is 5.95 Å². The van der Waals surface area contributed by atoms with E-state index in [4.69, 9.17) is 9.40 Å². The lowest BCUT2D eigenvalue weighted by atomic mass is 10.1. The van der Waals surface area contributed by atoms with Gasteiger partial charge in [0.25, 0.3) is 11.8 Å². The van der Waals surface area contributed by atoms with Gasteiger partial charge in [-0.1, -0.05) is 6.07 Å². The number of amides is 2. The number of furan rings is 1. The standard InChI is InChI=1S/C23H24N6O3/c30-21(27-11-13-28(14-12-27)22(31)19-7-5-15-32-19)17-16-25-23(29-9-3-4-10-29)26-20(17)18-6-1-2-8-24-18/h1-2,5-8,15-16H,3-4,9-14H2. The Morgan fingerprint density at radius 3 is 2.25 bits per heavy atom. The van der Waals surface area contributed by atoms with Crippen LogP contribution in [0.1, 0.15) is 33.8 Å². The van der Waals surface area contributed by atoms with Crippen LogP contribution in [0.5, 0.6) is 0 Å². The molecule has 0 atom stereocenters. The molecule has 2 fully saturated rings. The van der Waals surface area contributed by atoms with Crippen LogP contribution < -0.4 is 4.90 Å². The first kappa shape index (κ1) is 20.2. The van der Waals surface area contributed by atoms with Crippen LogP contribution >= 0.6 is 0 Å². The van der Waals surface area contributed by atoms with Gasteiger partial charge in [-0.05, 0) is 37.1 Å². The van der Waals surface area contributed by atoms with E-state index >= 15 is 0 Å². The molecule has 0 aliphatic carbocycles. The van der Waals surface area contributed by atoms with Crippen molar-refractivity contribution in [1.29, 1.82) is 0 Å². The van der Waals surface area contributed by atoms with Gasteiger partial charge in [0, 0.05) is 51.7 Å². The average Bonchev–Trinajstić information content (AvgIpc) is 3.58. The zero-order valence-corrected chi connectivity index (χ0v) is 17.7. The van der Waals surface area contributed by atoms with E-state index in [2.05, 4.69) is 14.9 Å². The molecule has 2 aliphatic rings. The number of rotatable bonds is 4. The topological polar surface area (TPSA) is 95.7 Å². The van der Waals surface area contributed by atoms with E-state index < -0.39 is 0 Å². The van der Waals surface area contributed by atoms with Crippen molar-refractivity contribution in [2.24, 2.45) is 0 Å². The maximum Gasteiger partial charge on any atom is 0.289 e. The lowest BCUT2D eigenvalue weighted by Crippen LogP contribution is -2.50. The normalized spacial score (nSPS) is 16.4. The lowest BCUT2D eigenvalue weighted by Gasteiger charge is -2.34. The second kappa shape index (κ2) is 8.78. The van der Waals surface area contributed by atoms with Crippen molar-refractivity contribution >= 4 is 17.8 Å². The highest BCUT2D eigenvalue weighted by Crippen LogP contribution is 2.25. The minimum absolute atomic E-state index is 0.149. The van der Waals surface area contributed by atoms with Gasteiger partial charge < -0.3 is 19.1 Å². The van der Waals surface area contributed by atoms with E-state index in [1.807, 2.05) is 18.2 Å². The molecular formula is C23H24N6O3. The summed E-state index contributed by atoms with van der Waals surface area (Å²) in [4.78, 5) is 45.2. The predicted molar refractivity (Wildman–Crippen MR) is 117 cm³/mol. The molecule has 0 N–H and O–H groups in total. The Bertz CT molecular complexity index is 1090. The summed E-state index contributed by atoms with van der Waals surface area (Å²) in [6.45, 7) is 3.58. The van der Waals surface area contributed by atoms with Gasteiger partial charge in [-0.2, -0.15) is 0 Å². The highest BCUT2D eigenvalue weighted by molar-refractivity contribution is 5.99. The minimum atomic E-state index is -0.158. The zero-order valence-electron chi connectivity index (χ0n) is 17.7. The second-order valence-electron chi connectivity index (χ2n) is 7.90. The molecule has 9 nitrogen and oxygen atoms in total. The Hall–Kier alpha value is -3.75. The Morgan fingerprint density at radius 1 is 0.844 bits per heavy atom. The van der Waals surface area contributed by atoms with Crippen molar-refractivity contribution in [2.75, 3.05) is 44.2 Å². The summed E-state index contributed by atoms with van der Waals surface area (Å²) >= 11 is 0. The van der Waals surface area contributed by atoms with E-state index in [9.17, 15) is 9.59 Å². The lowest BCUT2D eigenvalue weighted by molar-refractivity contribution is 0.0518. The SMILES string of the molecule is O=C(c1ccco1)N1CCN(C(=O)c2cnc(N3CCCC3)nc2-c2ccccn2)CC1. The molecule has 5 rings (SSSR count). The van der Waals surface area contributed by atoms with Crippen LogP contribution in [-0.2, 0) is 0 Å². The van der Waals surface area contributed by atoms with Crippen molar-refractivity contribution in [3.8, 4) is 11.4 Å². The van der Waals surface area contributed by atoms with Gasteiger partial charge >= 0.3 is 0 Å². The summed E-state index contributed by atoms with van der Waals surface area (Å²) in [6, 6.07) is 8.92. The van der Waals surface area contributed by atoms with Gasteiger partial charge in [0.15, 0.2) is 5.76 Å². The Kier molecular flexibility index (Phi) is 5.53. The molecule has 0 saturated carbocycles. The van der Waals surface area contributed by atoms with Crippen molar-refractivity contribution in [3.05, 3.63) is 60.3 Å². The number of anilines is 1. The molecule has 3 aromatic heterocycles. The third-order valence-electron chi connectivity index (χ3n) is 5.89. The van der Waals surface area contributed by atoms with Gasteiger partial charge in [0.05, 0.1) is 17.5 Å². The predicted octanol–water partition coefficient (Wildman–Crippen LogP) is 2.33. The molecule has 2 aliphatic heterocycles.